The molecule has 5 heteroatoms. The van der Waals surface area contributed by atoms with E-state index in [1.165, 1.54) is 24.3 Å². The van der Waals surface area contributed by atoms with Crippen molar-refractivity contribution < 1.29 is 13.6 Å². The lowest BCUT2D eigenvalue weighted by atomic mass is 10.1. The highest BCUT2D eigenvalue weighted by molar-refractivity contribution is 5.89. The summed E-state index contributed by atoms with van der Waals surface area (Å²) in [5.41, 5.74) is 0.558. The normalized spacial score (nSPS) is 11.9. The van der Waals surface area contributed by atoms with Crippen molar-refractivity contribution in [3.8, 4) is 0 Å². The molecule has 0 aliphatic rings. The van der Waals surface area contributed by atoms with E-state index in [1.54, 1.807) is 6.26 Å². The molecular weight excluding hydrogens is 259 g/mol. The van der Waals surface area contributed by atoms with Crippen molar-refractivity contribution >= 4 is 11.7 Å². The average Bonchev–Trinajstić information content (AvgIpc) is 2.92. The summed E-state index contributed by atoms with van der Waals surface area (Å²) < 4.78 is 18.0. The maximum atomic E-state index is 12.7. The zero-order valence-corrected chi connectivity index (χ0v) is 11.2. The number of hydrogen-bond donors (Lipinski definition) is 2. The van der Waals surface area contributed by atoms with Crippen molar-refractivity contribution in [1.29, 1.82) is 0 Å². The zero-order chi connectivity index (χ0) is 14.4. The van der Waals surface area contributed by atoms with Crippen molar-refractivity contribution in [2.45, 2.75) is 25.8 Å². The first-order valence-corrected chi connectivity index (χ1v) is 6.49. The molecule has 2 amide bonds. The third-order valence-corrected chi connectivity index (χ3v) is 2.88. The van der Waals surface area contributed by atoms with E-state index in [1.807, 2.05) is 19.1 Å². The zero-order valence-electron chi connectivity index (χ0n) is 11.2. The number of benzene rings is 1. The summed E-state index contributed by atoms with van der Waals surface area (Å²) >= 11 is 0. The molecule has 1 unspecified atom stereocenters. The first-order valence-electron chi connectivity index (χ1n) is 6.49. The average molecular weight is 276 g/mol. The van der Waals surface area contributed by atoms with Crippen LogP contribution >= 0.6 is 0 Å². The SMILES string of the molecule is CC(CCc1ccco1)NC(=O)Nc1ccc(F)cc1. The smallest absolute Gasteiger partial charge is 0.319 e. The minimum atomic E-state index is -0.331. The van der Waals surface area contributed by atoms with Crippen LogP contribution < -0.4 is 10.6 Å². The van der Waals surface area contributed by atoms with Gasteiger partial charge in [-0.1, -0.05) is 0 Å². The summed E-state index contributed by atoms with van der Waals surface area (Å²) in [5, 5.41) is 5.47. The minimum absolute atomic E-state index is 0.0144. The summed E-state index contributed by atoms with van der Waals surface area (Å²) in [6.45, 7) is 1.92. The van der Waals surface area contributed by atoms with Crippen LogP contribution in [-0.4, -0.2) is 12.1 Å². The standard InChI is InChI=1S/C15H17FN2O2/c1-11(4-9-14-3-2-10-20-14)17-15(19)18-13-7-5-12(16)6-8-13/h2-3,5-8,10-11H,4,9H2,1H3,(H2,17,18,19). The lowest BCUT2D eigenvalue weighted by molar-refractivity contribution is 0.248. The van der Waals surface area contributed by atoms with Crippen molar-refractivity contribution in [3.63, 3.8) is 0 Å². The minimum Gasteiger partial charge on any atom is -0.469 e. The summed E-state index contributed by atoms with van der Waals surface area (Å²) in [6.07, 6.45) is 3.18. The Labute approximate surface area is 117 Å². The molecule has 20 heavy (non-hydrogen) atoms. The number of anilines is 1. The Balaban J connectivity index is 1.74. The van der Waals surface area contributed by atoms with Crippen LogP contribution in [0.5, 0.6) is 0 Å². The molecule has 1 aromatic carbocycles. The third kappa shape index (κ3) is 4.42. The van der Waals surface area contributed by atoms with Gasteiger partial charge >= 0.3 is 6.03 Å². The Kier molecular flexibility index (Phi) is 4.76. The lowest BCUT2D eigenvalue weighted by Crippen LogP contribution is -2.36. The van der Waals surface area contributed by atoms with E-state index in [9.17, 15) is 9.18 Å². The molecule has 1 heterocycles. The maximum Gasteiger partial charge on any atom is 0.319 e. The fourth-order valence-corrected chi connectivity index (χ4v) is 1.81. The van der Waals surface area contributed by atoms with Crippen LogP contribution in [0.25, 0.3) is 0 Å². The quantitative estimate of drug-likeness (QED) is 0.877. The number of hydrogen-bond acceptors (Lipinski definition) is 2. The van der Waals surface area contributed by atoms with Gasteiger partial charge in [0.1, 0.15) is 11.6 Å². The van der Waals surface area contributed by atoms with Crippen molar-refractivity contribution in [1.82, 2.24) is 5.32 Å². The molecule has 0 fully saturated rings. The number of aryl methyl sites for hydroxylation is 1. The number of urea groups is 1. The number of carbonyl (C=O) groups excluding carboxylic acids is 1. The second-order valence-electron chi connectivity index (χ2n) is 4.62. The van der Waals surface area contributed by atoms with Crippen molar-refractivity contribution in [3.05, 3.63) is 54.2 Å². The highest BCUT2D eigenvalue weighted by Gasteiger charge is 2.08. The summed E-state index contributed by atoms with van der Waals surface area (Å²) in [5.74, 6) is 0.570. The first-order chi connectivity index (χ1) is 9.63. The van der Waals surface area contributed by atoms with Crippen LogP contribution in [0, 0.1) is 5.82 Å². The van der Waals surface area contributed by atoms with Crippen LogP contribution in [0.2, 0.25) is 0 Å². The van der Waals surface area contributed by atoms with E-state index < -0.39 is 0 Å². The highest BCUT2D eigenvalue weighted by Crippen LogP contribution is 2.09. The molecular formula is C15H17FN2O2. The van der Waals surface area contributed by atoms with Crippen molar-refractivity contribution in [2.75, 3.05) is 5.32 Å². The number of rotatable bonds is 5. The van der Waals surface area contributed by atoms with Gasteiger partial charge in [-0.25, -0.2) is 9.18 Å². The molecule has 0 aliphatic heterocycles. The van der Waals surface area contributed by atoms with E-state index in [0.717, 1.165) is 18.6 Å². The molecule has 0 saturated carbocycles. The summed E-state index contributed by atoms with van der Waals surface area (Å²) in [6, 6.07) is 9.10. The number of furan rings is 1. The molecule has 2 N–H and O–H groups in total. The van der Waals surface area contributed by atoms with Crippen LogP contribution in [0.1, 0.15) is 19.1 Å². The van der Waals surface area contributed by atoms with E-state index in [4.69, 9.17) is 4.42 Å². The number of halogens is 1. The highest BCUT2D eigenvalue weighted by atomic mass is 19.1. The first kappa shape index (κ1) is 14.1. The summed E-state index contributed by atoms with van der Waals surface area (Å²) in [7, 11) is 0. The van der Waals surface area contributed by atoms with Crippen molar-refractivity contribution in [2.24, 2.45) is 0 Å². The van der Waals surface area contributed by atoms with Gasteiger partial charge in [0.25, 0.3) is 0 Å². The topological polar surface area (TPSA) is 54.3 Å². The number of amides is 2. The Morgan fingerprint density at radius 3 is 2.70 bits per heavy atom. The predicted molar refractivity (Wildman–Crippen MR) is 75.0 cm³/mol. The molecule has 4 nitrogen and oxygen atoms in total. The van der Waals surface area contributed by atoms with Gasteiger partial charge in [-0.3, -0.25) is 0 Å². The largest absolute Gasteiger partial charge is 0.469 e. The Hall–Kier alpha value is -2.30. The van der Waals surface area contributed by atoms with Gasteiger partial charge in [-0.2, -0.15) is 0 Å². The third-order valence-electron chi connectivity index (χ3n) is 2.88. The molecule has 0 aliphatic carbocycles. The van der Waals surface area contributed by atoms with Gasteiger partial charge in [0.2, 0.25) is 0 Å². The Morgan fingerprint density at radius 1 is 1.30 bits per heavy atom. The molecule has 2 aromatic rings. The van der Waals surface area contributed by atoms with E-state index >= 15 is 0 Å². The second kappa shape index (κ2) is 6.75. The molecule has 0 bridgehead atoms. The predicted octanol–water partition coefficient (Wildman–Crippen LogP) is 3.56. The molecule has 0 spiro atoms. The maximum absolute atomic E-state index is 12.7. The summed E-state index contributed by atoms with van der Waals surface area (Å²) in [4.78, 5) is 11.7. The fourth-order valence-electron chi connectivity index (χ4n) is 1.81. The molecule has 0 saturated heterocycles. The van der Waals surface area contributed by atoms with E-state index in [0.29, 0.717) is 5.69 Å². The van der Waals surface area contributed by atoms with Crippen LogP contribution in [0.4, 0.5) is 14.9 Å². The molecule has 106 valence electrons. The number of nitrogens with one attached hydrogen (secondary N) is 2. The number of carbonyl (C=O) groups is 1. The lowest BCUT2D eigenvalue weighted by Gasteiger charge is -2.14. The fraction of sp³-hybridized carbons (Fsp3) is 0.267. The molecule has 2 rings (SSSR count). The van der Waals surface area contributed by atoms with Gasteiger partial charge in [-0.15, -0.1) is 0 Å². The van der Waals surface area contributed by atoms with E-state index in [-0.39, 0.29) is 17.9 Å². The van der Waals surface area contributed by atoms with Gasteiger partial charge in [-0.05, 0) is 49.7 Å². The molecule has 1 atom stereocenters. The van der Waals surface area contributed by atoms with Gasteiger partial charge in [0.15, 0.2) is 0 Å². The monoisotopic (exact) mass is 276 g/mol. The van der Waals surface area contributed by atoms with E-state index in [2.05, 4.69) is 10.6 Å². The molecule has 0 radical (unpaired) electrons. The van der Waals surface area contributed by atoms with Crippen LogP contribution in [-0.2, 0) is 6.42 Å². The van der Waals surface area contributed by atoms with Gasteiger partial charge in [0.05, 0.1) is 6.26 Å². The van der Waals surface area contributed by atoms with Gasteiger partial charge < -0.3 is 15.1 Å². The molecule has 1 aromatic heterocycles. The van der Waals surface area contributed by atoms with Crippen LogP contribution in [0.15, 0.2) is 47.1 Å². The Morgan fingerprint density at radius 2 is 2.05 bits per heavy atom. The Bertz CT molecular complexity index is 538. The van der Waals surface area contributed by atoms with Crippen LogP contribution in [0.3, 0.4) is 0 Å². The second-order valence-corrected chi connectivity index (χ2v) is 4.62. The van der Waals surface area contributed by atoms with Gasteiger partial charge in [0, 0.05) is 18.2 Å².